The van der Waals surface area contributed by atoms with Gasteiger partial charge in [-0.2, -0.15) is 0 Å². The molecule has 6 heteroatoms. The van der Waals surface area contributed by atoms with Gasteiger partial charge < -0.3 is 4.74 Å². The molecular formula is C19H22N2O3S. The molecule has 2 aromatic carbocycles. The number of hydrogen-bond acceptors (Lipinski definition) is 4. The van der Waals surface area contributed by atoms with Crippen LogP contribution in [0.4, 0.5) is 0 Å². The van der Waals surface area contributed by atoms with Crippen molar-refractivity contribution in [1.29, 1.82) is 0 Å². The summed E-state index contributed by atoms with van der Waals surface area (Å²) in [7, 11) is 0. The van der Waals surface area contributed by atoms with Gasteiger partial charge in [-0.25, -0.2) is 0 Å². The second kappa shape index (κ2) is 9.13. The fourth-order valence-corrected chi connectivity index (χ4v) is 3.00. The van der Waals surface area contributed by atoms with Gasteiger partial charge in [0.05, 0.1) is 5.75 Å². The molecule has 0 aromatic heterocycles. The lowest BCUT2D eigenvalue weighted by molar-refractivity contribution is -0.128. The normalized spacial score (nSPS) is 10.2. The average molecular weight is 358 g/mol. The monoisotopic (exact) mass is 358 g/mol. The standard InChI is InChI=1S/C19H22N2O3S/c1-13-8-9-15(3)17(10-13)25-12-19(23)21-20-18(22)11-24-16-7-5-4-6-14(16)2/h4-10H,11-12H2,1-3H3,(H,20,22)(H,21,23). The molecule has 0 spiro atoms. The number of nitrogens with one attached hydrogen (secondary N) is 2. The van der Waals surface area contributed by atoms with E-state index in [1.54, 1.807) is 6.07 Å². The lowest BCUT2D eigenvalue weighted by Crippen LogP contribution is -2.44. The molecule has 132 valence electrons. The van der Waals surface area contributed by atoms with Crippen LogP contribution >= 0.6 is 11.8 Å². The van der Waals surface area contributed by atoms with Crippen LogP contribution < -0.4 is 15.6 Å². The topological polar surface area (TPSA) is 67.4 Å². The summed E-state index contributed by atoms with van der Waals surface area (Å²) in [5.41, 5.74) is 7.98. The number of para-hydroxylation sites is 1. The summed E-state index contributed by atoms with van der Waals surface area (Å²) >= 11 is 1.44. The summed E-state index contributed by atoms with van der Waals surface area (Å²) in [5.74, 6) is 0.196. The Bertz CT molecular complexity index is 762. The Balaban J connectivity index is 1.71. The van der Waals surface area contributed by atoms with Crippen molar-refractivity contribution in [2.45, 2.75) is 25.7 Å². The summed E-state index contributed by atoms with van der Waals surface area (Å²) in [6.07, 6.45) is 0. The van der Waals surface area contributed by atoms with E-state index >= 15 is 0 Å². The molecule has 2 amide bonds. The molecule has 0 unspecified atom stereocenters. The Morgan fingerprint density at radius 2 is 1.68 bits per heavy atom. The number of ether oxygens (including phenoxy) is 1. The smallest absolute Gasteiger partial charge is 0.276 e. The molecule has 2 aromatic rings. The molecule has 0 saturated carbocycles. The van der Waals surface area contributed by atoms with Crippen LogP contribution in [0.15, 0.2) is 47.4 Å². The molecule has 0 radical (unpaired) electrons. The third-order valence-corrected chi connectivity index (χ3v) is 4.65. The van der Waals surface area contributed by atoms with Gasteiger partial charge in [0.15, 0.2) is 6.61 Å². The summed E-state index contributed by atoms with van der Waals surface area (Å²) in [6, 6.07) is 13.5. The molecule has 0 bridgehead atoms. The molecule has 0 atom stereocenters. The van der Waals surface area contributed by atoms with E-state index in [1.807, 2.05) is 57.2 Å². The highest BCUT2D eigenvalue weighted by molar-refractivity contribution is 8.00. The minimum Gasteiger partial charge on any atom is -0.483 e. The second-order valence-electron chi connectivity index (χ2n) is 5.71. The van der Waals surface area contributed by atoms with E-state index in [9.17, 15) is 9.59 Å². The maximum Gasteiger partial charge on any atom is 0.276 e. The molecule has 25 heavy (non-hydrogen) atoms. The van der Waals surface area contributed by atoms with Crippen LogP contribution in [-0.4, -0.2) is 24.2 Å². The fraction of sp³-hybridized carbons (Fsp3) is 0.263. The third-order valence-electron chi connectivity index (χ3n) is 3.50. The number of aryl methyl sites for hydroxylation is 3. The van der Waals surface area contributed by atoms with E-state index in [4.69, 9.17) is 4.74 Å². The van der Waals surface area contributed by atoms with Crippen LogP contribution in [0.3, 0.4) is 0 Å². The van der Waals surface area contributed by atoms with Crippen molar-refractivity contribution >= 4 is 23.6 Å². The average Bonchev–Trinajstić information content (AvgIpc) is 2.60. The van der Waals surface area contributed by atoms with Crippen molar-refractivity contribution in [3.05, 3.63) is 59.2 Å². The van der Waals surface area contributed by atoms with Crippen molar-refractivity contribution in [3.63, 3.8) is 0 Å². The van der Waals surface area contributed by atoms with E-state index in [0.29, 0.717) is 5.75 Å². The Morgan fingerprint density at radius 3 is 2.44 bits per heavy atom. The third kappa shape index (κ3) is 6.15. The van der Waals surface area contributed by atoms with Crippen LogP contribution in [0.5, 0.6) is 5.75 Å². The van der Waals surface area contributed by atoms with Crippen molar-refractivity contribution in [2.75, 3.05) is 12.4 Å². The Morgan fingerprint density at radius 1 is 0.960 bits per heavy atom. The molecule has 0 aliphatic heterocycles. The lowest BCUT2D eigenvalue weighted by atomic mass is 10.2. The Kier molecular flexibility index (Phi) is 6.89. The molecule has 5 nitrogen and oxygen atoms in total. The number of hydrogen-bond donors (Lipinski definition) is 2. The molecule has 2 N–H and O–H groups in total. The maximum absolute atomic E-state index is 11.9. The number of thioether (sulfide) groups is 1. The first-order valence-corrected chi connectivity index (χ1v) is 8.90. The van der Waals surface area contributed by atoms with Crippen molar-refractivity contribution < 1.29 is 14.3 Å². The van der Waals surface area contributed by atoms with Crippen molar-refractivity contribution in [3.8, 4) is 5.75 Å². The predicted molar refractivity (Wildman–Crippen MR) is 99.6 cm³/mol. The van der Waals surface area contributed by atoms with Gasteiger partial charge in [0.1, 0.15) is 5.75 Å². The van der Waals surface area contributed by atoms with Crippen LogP contribution in [0.2, 0.25) is 0 Å². The first-order chi connectivity index (χ1) is 12.0. The fourth-order valence-electron chi connectivity index (χ4n) is 2.08. The molecule has 2 rings (SSSR count). The number of carbonyl (C=O) groups excluding carboxylic acids is 2. The highest BCUT2D eigenvalue weighted by atomic mass is 32.2. The van der Waals surface area contributed by atoms with Gasteiger partial charge in [-0.3, -0.25) is 20.4 Å². The number of carbonyl (C=O) groups is 2. The first-order valence-electron chi connectivity index (χ1n) is 7.92. The highest BCUT2D eigenvalue weighted by Gasteiger charge is 2.08. The van der Waals surface area contributed by atoms with Gasteiger partial charge in [-0.1, -0.05) is 35.9 Å². The van der Waals surface area contributed by atoms with Crippen molar-refractivity contribution in [1.82, 2.24) is 10.9 Å². The summed E-state index contributed by atoms with van der Waals surface area (Å²) < 4.78 is 5.42. The minimum absolute atomic E-state index is 0.157. The van der Waals surface area contributed by atoms with E-state index in [2.05, 4.69) is 10.9 Å². The first kappa shape index (κ1) is 18.9. The molecular weight excluding hydrogens is 336 g/mol. The molecule has 0 heterocycles. The molecule has 0 aliphatic rings. The Labute approximate surface area is 152 Å². The SMILES string of the molecule is Cc1ccc(C)c(SCC(=O)NNC(=O)COc2ccccc2C)c1. The van der Waals surface area contributed by atoms with Crippen molar-refractivity contribution in [2.24, 2.45) is 0 Å². The van der Waals surface area contributed by atoms with Gasteiger partial charge >= 0.3 is 0 Å². The van der Waals surface area contributed by atoms with E-state index in [0.717, 1.165) is 21.6 Å². The molecule has 0 aliphatic carbocycles. The number of benzene rings is 2. The zero-order valence-corrected chi connectivity index (χ0v) is 15.4. The van der Waals surface area contributed by atoms with Gasteiger partial charge in [0.2, 0.25) is 5.91 Å². The highest BCUT2D eigenvalue weighted by Crippen LogP contribution is 2.23. The zero-order valence-electron chi connectivity index (χ0n) is 14.6. The van der Waals surface area contributed by atoms with Crippen LogP contribution in [0.1, 0.15) is 16.7 Å². The van der Waals surface area contributed by atoms with Crippen LogP contribution in [0.25, 0.3) is 0 Å². The Hall–Kier alpha value is -2.47. The van der Waals surface area contributed by atoms with Gasteiger partial charge in [0.25, 0.3) is 5.91 Å². The summed E-state index contributed by atoms with van der Waals surface area (Å²) in [6.45, 7) is 5.76. The van der Waals surface area contributed by atoms with E-state index in [1.165, 1.54) is 11.8 Å². The number of hydrazine groups is 1. The van der Waals surface area contributed by atoms with E-state index in [-0.39, 0.29) is 18.3 Å². The second-order valence-corrected chi connectivity index (χ2v) is 6.73. The quantitative estimate of drug-likeness (QED) is 0.615. The van der Waals surface area contributed by atoms with Gasteiger partial charge in [-0.15, -0.1) is 11.8 Å². The van der Waals surface area contributed by atoms with Gasteiger partial charge in [0, 0.05) is 4.90 Å². The van der Waals surface area contributed by atoms with Gasteiger partial charge in [-0.05, 0) is 44.0 Å². The lowest BCUT2D eigenvalue weighted by Gasteiger charge is -2.10. The summed E-state index contributed by atoms with van der Waals surface area (Å²) in [4.78, 5) is 24.7. The van der Waals surface area contributed by atoms with Crippen LogP contribution in [0, 0.1) is 20.8 Å². The molecule has 0 fully saturated rings. The summed E-state index contributed by atoms with van der Waals surface area (Å²) in [5, 5.41) is 0. The zero-order chi connectivity index (χ0) is 18.2. The minimum atomic E-state index is -0.409. The largest absolute Gasteiger partial charge is 0.483 e. The molecule has 0 saturated heterocycles. The van der Waals surface area contributed by atoms with Crippen LogP contribution in [-0.2, 0) is 9.59 Å². The predicted octanol–water partition coefficient (Wildman–Crippen LogP) is 2.93. The number of rotatable bonds is 6. The maximum atomic E-state index is 11.9. The number of amides is 2. The van der Waals surface area contributed by atoms with E-state index < -0.39 is 5.91 Å².